The fourth-order valence-electron chi connectivity index (χ4n) is 7.99. The Morgan fingerprint density at radius 3 is 1.80 bits per heavy atom. The summed E-state index contributed by atoms with van der Waals surface area (Å²) in [7, 11) is 0. The standard InChI is InChI=1S/C45H32BN3O/c1-31-28-39-37-27-26-36(47(32-16-6-2-7-17-32)33-18-8-3-9-19-33)30-40(37)49(35-22-12-5-13-23-35)46-43(39)41(29-31)48(34-20-10-4-11-21-34)44-38-24-14-15-25-42(38)50-45(44)46/h2-30H,1H3. The summed E-state index contributed by atoms with van der Waals surface area (Å²) in [6.07, 6.45) is 0. The molecular formula is C45H32BN3O. The van der Waals surface area contributed by atoms with Gasteiger partial charge >= 0.3 is 6.85 Å². The van der Waals surface area contributed by atoms with Crippen molar-refractivity contribution in [1.29, 1.82) is 0 Å². The van der Waals surface area contributed by atoms with E-state index in [9.17, 15) is 0 Å². The average molecular weight is 642 g/mol. The third-order valence-corrected chi connectivity index (χ3v) is 10.0. The van der Waals surface area contributed by atoms with Crippen LogP contribution in [0.25, 0.3) is 22.1 Å². The van der Waals surface area contributed by atoms with Gasteiger partial charge in [-0.1, -0.05) is 97.1 Å². The number of rotatable bonds is 5. The van der Waals surface area contributed by atoms with Gasteiger partial charge in [-0.25, -0.2) is 0 Å². The number of para-hydroxylation sites is 5. The maximum absolute atomic E-state index is 7.01. The summed E-state index contributed by atoms with van der Waals surface area (Å²) in [6, 6.07) is 62.8. The van der Waals surface area contributed by atoms with Crippen LogP contribution >= 0.6 is 0 Å². The van der Waals surface area contributed by atoms with E-state index in [1.165, 1.54) is 27.8 Å². The van der Waals surface area contributed by atoms with Gasteiger partial charge in [-0.05, 0) is 102 Å². The molecule has 236 valence electrons. The Kier molecular flexibility index (Phi) is 6.46. The molecule has 0 unspecified atom stereocenters. The summed E-state index contributed by atoms with van der Waals surface area (Å²) in [5, 5.41) is 1.10. The van der Waals surface area contributed by atoms with E-state index in [4.69, 9.17) is 4.42 Å². The normalized spacial score (nSPS) is 12.8. The van der Waals surface area contributed by atoms with E-state index in [0.29, 0.717) is 0 Å². The van der Waals surface area contributed by atoms with Gasteiger partial charge in [-0.15, -0.1) is 0 Å². The first-order valence-electron chi connectivity index (χ1n) is 17.1. The van der Waals surface area contributed by atoms with Crippen LogP contribution in [0.1, 0.15) is 5.56 Å². The monoisotopic (exact) mass is 641 g/mol. The van der Waals surface area contributed by atoms with Crippen LogP contribution in [0.3, 0.4) is 0 Å². The highest BCUT2D eigenvalue weighted by molar-refractivity contribution is 6.93. The zero-order valence-electron chi connectivity index (χ0n) is 27.6. The number of fused-ring (bicyclic) bond motifs is 6. The van der Waals surface area contributed by atoms with E-state index in [2.05, 4.69) is 197 Å². The molecule has 10 rings (SSSR count). The van der Waals surface area contributed by atoms with Crippen molar-refractivity contribution in [3.8, 4) is 11.1 Å². The summed E-state index contributed by atoms with van der Waals surface area (Å²) < 4.78 is 7.01. The molecule has 0 radical (unpaired) electrons. The lowest BCUT2D eigenvalue weighted by molar-refractivity contribution is 0.650. The Bertz CT molecular complexity index is 2480. The topological polar surface area (TPSA) is 22.9 Å². The van der Waals surface area contributed by atoms with E-state index < -0.39 is 0 Å². The van der Waals surface area contributed by atoms with E-state index >= 15 is 0 Å². The molecule has 0 saturated carbocycles. The van der Waals surface area contributed by atoms with E-state index in [0.717, 1.165) is 56.4 Å². The van der Waals surface area contributed by atoms with Crippen molar-refractivity contribution in [2.24, 2.45) is 0 Å². The molecule has 0 fully saturated rings. The molecule has 2 aliphatic heterocycles. The number of furan rings is 1. The molecule has 0 saturated heterocycles. The highest BCUT2D eigenvalue weighted by Gasteiger charge is 2.48. The van der Waals surface area contributed by atoms with Gasteiger partial charge in [0.15, 0.2) is 0 Å². The van der Waals surface area contributed by atoms with Crippen LogP contribution in [0.15, 0.2) is 180 Å². The van der Waals surface area contributed by atoms with Crippen molar-refractivity contribution in [3.05, 3.63) is 181 Å². The van der Waals surface area contributed by atoms with Crippen molar-refractivity contribution >= 4 is 74.4 Å². The molecule has 1 aromatic heterocycles. The number of benzene rings is 7. The molecular weight excluding hydrogens is 609 g/mol. The minimum Gasteiger partial charge on any atom is -0.466 e. The molecule has 4 nitrogen and oxygen atoms in total. The van der Waals surface area contributed by atoms with Gasteiger partial charge < -0.3 is 19.0 Å². The van der Waals surface area contributed by atoms with Crippen molar-refractivity contribution in [3.63, 3.8) is 0 Å². The molecule has 0 aliphatic carbocycles. The highest BCUT2D eigenvalue weighted by Crippen LogP contribution is 2.50. The van der Waals surface area contributed by atoms with Crippen LogP contribution < -0.4 is 25.7 Å². The highest BCUT2D eigenvalue weighted by atomic mass is 16.3. The lowest BCUT2D eigenvalue weighted by Crippen LogP contribution is -2.61. The average Bonchev–Trinajstić information content (AvgIpc) is 3.56. The van der Waals surface area contributed by atoms with Crippen molar-refractivity contribution in [2.75, 3.05) is 14.6 Å². The van der Waals surface area contributed by atoms with Gasteiger partial charge in [0, 0.05) is 50.8 Å². The zero-order chi connectivity index (χ0) is 33.2. The summed E-state index contributed by atoms with van der Waals surface area (Å²) >= 11 is 0. The Morgan fingerprint density at radius 1 is 0.520 bits per heavy atom. The number of nitrogens with zero attached hydrogens (tertiary/aromatic N) is 3. The minimum atomic E-state index is -0.199. The number of aryl methyl sites for hydroxylation is 1. The molecule has 3 heterocycles. The summed E-state index contributed by atoms with van der Waals surface area (Å²) in [6.45, 7) is 2.01. The van der Waals surface area contributed by atoms with Gasteiger partial charge in [0.1, 0.15) is 11.2 Å². The molecule has 0 atom stereocenters. The molecule has 2 aliphatic rings. The maximum Gasteiger partial charge on any atom is 0.375 e. The second-order valence-corrected chi connectivity index (χ2v) is 13.0. The first-order chi connectivity index (χ1) is 24.7. The van der Waals surface area contributed by atoms with Crippen LogP contribution in [-0.4, -0.2) is 6.85 Å². The third kappa shape index (κ3) is 4.33. The first-order valence-corrected chi connectivity index (χ1v) is 17.1. The fourth-order valence-corrected chi connectivity index (χ4v) is 7.99. The van der Waals surface area contributed by atoms with Gasteiger partial charge in [0.25, 0.3) is 0 Å². The number of anilines is 8. The quantitative estimate of drug-likeness (QED) is 0.175. The molecule has 0 N–H and O–H groups in total. The van der Waals surface area contributed by atoms with Crippen LogP contribution in [0, 0.1) is 6.92 Å². The Hall–Kier alpha value is -6.46. The molecule has 50 heavy (non-hydrogen) atoms. The predicted octanol–water partition coefficient (Wildman–Crippen LogP) is 10.9. The molecule has 0 spiro atoms. The molecule has 7 aromatic carbocycles. The summed E-state index contributed by atoms with van der Waals surface area (Å²) in [5.74, 6) is 0. The molecule has 8 aromatic rings. The number of hydrogen-bond donors (Lipinski definition) is 0. The lowest BCUT2D eigenvalue weighted by atomic mass is 9.46. The number of hydrogen-bond acceptors (Lipinski definition) is 4. The van der Waals surface area contributed by atoms with E-state index in [1.54, 1.807) is 0 Å². The molecule has 0 bridgehead atoms. The molecule has 0 amide bonds. The predicted molar refractivity (Wildman–Crippen MR) is 209 cm³/mol. The van der Waals surface area contributed by atoms with Crippen molar-refractivity contribution in [1.82, 2.24) is 0 Å². The largest absolute Gasteiger partial charge is 0.466 e. The maximum atomic E-state index is 7.01. The smallest absolute Gasteiger partial charge is 0.375 e. The fraction of sp³-hybridized carbons (Fsp3) is 0.0222. The minimum absolute atomic E-state index is 0.199. The lowest BCUT2D eigenvalue weighted by Gasteiger charge is -2.44. The van der Waals surface area contributed by atoms with E-state index in [1.807, 2.05) is 0 Å². The van der Waals surface area contributed by atoms with Gasteiger partial charge in [0.05, 0.1) is 5.69 Å². The Balaban J connectivity index is 1.30. The van der Waals surface area contributed by atoms with Gasteiger partial charge in [0.2, 0.25) is 0 Å². The van der Waals surface area contributed by atoms with Crippen LogP contribution in [-0.2, 0) is 0 Å². The van der Waals surface area contributed by atoms with E-state index in [-0.39, 0.29) is 6.85 Å². The Labute approximate surface area is 292 Å². The van der Waals surface area contributed by atoms with Crippen molar-refractivity contribution < 1.29 is 4.42 Å². The van der Waals surface area contributed by atoms with Crippen LogP contribution in [0.5, 0.6) is 0 Å². The third-order valence-electron chi connectivity index (χ3n) is 10.0. The first kappa shape index (κ1) is 28.5. The zero-order valence-corrected chi connectivity index (χ0v) is 27.6. The van der Waals surface area contributed by atoms with Crippen molar-refractivity contribution in [2.45, 2.75) is 6.92 Å². The SMILES string of the molecule is Cc1cc2c3c(c1)N(c1ccccc1)c1c(oc4ccccc14)B3N(c1ccccc1)c1cc(N(c3ccccc3)c3ccccc3)ccc1-2. The summed E-state index contributed by atoms with van der Waals surface area (Å²) in [4.78, 5) is 7.25. The van der Waals surface area contributed by atoms with Gasteiger partial charge in [-0.3, -0.25) is 0 Å². The Morgan fingerprint density at radius 2 is 1.12 bits per heavy atom. The van der Waals surface area contributed by atoms with Gasteiger partial charge in [-0.2, -0.15) is 0 Å². The van der Waals surface area contributed by atoms with Crippen LogP contribution in [0.2, 0.25) is 0 Å². The second-order valence-electron chi connectivity index (χ2n) is 13.0. The van der Waals surface area contributed by atoms with Crippen LogP contribution in [0.4, 0.5) is 45.5 Å². The summed E-state index contributed by atoms with van der Waals surface area (Å²) in [5.41, 5.74) is 15.7. The molecule has 5 heteroatoms. The second kappa shape index (κ2) is 11.3.